The molecule has 0 saturated heterocycles. The number of hydrogen-bond acceptors (Lipinski definition) is 7. The van der Waals surface area contributed by atoms with Gasteiger partial charge in [0.25, 0.3) is 0 Å². The van der Waals surface area contributed by atoms with Crippen LogP contribution >= 0.6 is 0 Å². The molecule has 1 aromatic heterocycles. The predicted molar refractivity (Wildman–Crippen MR) is 208 cm³/mol. The van der Waals surface area contributed by atoms with Crippen LogP contribution in [0.25, 0.3) is 66.9 Å². The normalized spacial score (nSPS) is 12.2. The van der Waals surface area contributed by atoms with Crippen LogP contribution in [-0.2, 0) is 20.2 Å². The average Bonchev–Trinajstić information content (AvgIpc) is 3.20. The summed E-state index contributed by atoms with van der Waals surface area (Å²) in [5.41, 5.74) is -4.50. The molecule has 0 N–H and O–H groups in total. The molecule has 0 unspecified atom stereocenters. The van der Waals surface area contributed by atoms with Crippen LogP contribution in [0.5, 0.6) is 11.5 Å². The van der Waals surface area contributed by atoms with Gasteiger partial charge < -0.3 is 8.37 Å². The number of hydrogen-bond donors (Lipinski definition) is 0. The first kappa shape index (κ1) is 39.8. The third-order valence-electron chi connectivity index (χ3n) is 8.88. The lowest BCUT2D eigenvalue weighted by Crippen LogP contribution is -2.29. The number of rotatable bonds is 10. The fourth-order valence-corrected chi connectivity index (χ4v) is 7.03. The molecule has 0 spiro atoms. The SMILES string of the molecule is O=S(=O)(Oc1cc(OS(=O)(=O)C(F)(F)F)cc(-c2ccccc2-c2cnc(-c3ccccc3)cc2-c2ccc(-c3ccc(-c4ccccc4)cc3)cc2)c1)C(F)(F)F. The molecule has 0 saturated carbocycles. The molecule has 58 heavy (non-hydrogen) atoms. The van der Waals surface area contributed by atoms with Crippen molar-refractivity contribution in [3.8, 4) is 78.4 Å². The number of halogens is 6. The van der Waals surface area contributed by atoms with Gasteiger partial charge in [0.1, 0.15) is 11.5 Å². The van der Waals surface area contributed by atoms with Crippen molar-refractivity contribution in [3.63, 3.8) is 0 Å². The van der Waals surface area contributed by atoms with E-state index in [0.29, 0.717) is 27.9 Å². The van der Waals surface area contributed by atoms with Gasteiger partial charge >= 0.3 is 31.3 Å². The molecule has 0 aliphatic rings. The number of alkyl halides is 6. The van der Waals surface area contributed by atoms with Gasteiger partial charge in [-0.05, 0) is 68.3 Å². The maximum absolute atomic E-state index is 13.3. The third-order valence-corrected chi connectivity index (χ3v) is 10.8. The third kappa shape index (κ3) is 8.45. The zero-order valence-corrected chi connectivity index (χ0v) is 31.2. The zero-order valence-electron chi connectivity index (χ0n) is 29.6. The van der Waals surface area contributed by atoms with E-state index in [1.807, 2.05) is 115 Å². The van der Waals surface area contributed by atoms with Crippen LogP contribution < -0.4 is 8.37 Å². The number of nitrogens with zero attached hydrogens (tertiary/aromatic N) is 1. The molecule has 0 radical (unpaired) electrons. The minimum atomic E-state index is -6.35. The topological polar surface area (TPSA) is 99.6 Å². The Balaban J connectivity index is 1.35. The van der Waals surface area contributed by atoms with Crippen molar-refractivity contribution in [2.24, 2.45) is 0 Å². The van der Waals surface area contributed by atoms with Crippen molar-refractivity contribution in [1.82, 2.24) is 4.98 Å². The number of pyridine rings is 1. The van der Waals surface area contributed by atoms with Crippen molar-refractivity contribution >= 4 is 20.2 Å². The fourth-order valence-electron chi connectivity index (χ4n) is 6.14. The monoisotopic (exact) mass is 831 g/mol. The Hall–Kier alpha value is -6.45. The second-order valence-corrected chi connectivity index (χ2v) is 15.8. The summed E-state index contributed by atoms with van der Waals surface area (Å²) in [4.78, 5) is 4.67. The Kier molecular flexibility index (Phi) is 10.6. The predicted octanol–water partition coefficient (Wildman–Crippen LogP) is 11.5. The molecule has 7 aromatic rings. The summed E-state index contributed by atoms with van der Waals surface area (Å²) in [6, 6.07) is 44.8. The van der Waals surface area contributed by atoms with Gasteiger partial charge in [-0.2, -0.15) is 43.2 Å². The maximum Gasteiger partial charge on any atom is 0.534 e. The summed E-state index contributed by atoms with van der Waals surface area (Å²) in [6.07, 6.45) is 1.55. The molecule has 7 nitrogen and oxygen atoms in total. The van der Waals surface area contributed by atoms with Gasteiger partial charge in [-0.3, -0.25) is 4.98 Å². The van der Waals surface area contributed by atoms with Crippen molar-refractivity contribution in [2.45, 2.75) is 11.0 Å². The van der Waals surface area contributed by atoms with E-state index in [1.54, 1.807) is 18.3 Å². The zero-order chi connectivity index (χ0) is 41.3. The number of aromatic nitrogens is 1. The minimum Gasteiger partial charge on any atom is -0.376 e. The van der Waals surface area contributed by atoms with E-state index in [2.05, 4.69) is 13.4 Å². The first-order chi connectivity index (χ1) is 27.5. The lowest BCUT2D eigenvalue weighted by atomic mass is 9.89. The summed E-state index contributed by atoms with van der Waals surface area (Å²) in [7, 11) is -12.7. The molecule has 0 fully saturated rings. The van der Waals surface area contributed by atoms with Crippen LogP contribution in [0.15, 0.2) is 164 Å². The maximum atomic E-state index is 13.3. The molecule has 6 aromatic carbocycles. The van der Waals surface area contributed by atoms with E-state index < -0.39 is 42.8 Å². The van der Waals surface area contributed by atoms with Gasteiger partial charge in [0, 0.05) is 23.4 Å². The molecule has 0 aliphatic heterocycles. The van der Waals surface area contributed by atoms with Gasteiger partial charge in [0.05, 0.1) is 5.69 Å². The molecule has 7 rings (SSSR count). The first-order valence-corrected chi connectivity index (χ1v) is 19.9. The second kappa shape index (κ2) is 15.5. The van der Waals surface area contributed by atoms with E-state index in [-0.39, 0.29) is 17.2 Å². The van der Waals surface area contributed by atoms with Gasteiger partial charge in [-0.25, -0.2) is 0 Å². The van der Waals surface area contributed by atoms with Crippen molar-refractivity contribution in [2.75, 3.05) is 0 Å². The smallest absolute Gasteiger partial charge is 0.376 e. The summed E-state index contributed by atoms with van der Waals surface area (Å²) < 4.78 is 136. The Morgan fingerprint density at radius 3 is 1.24 bits per heavy atom. The number of benzene rings is 6. The Morgan fingerprint density at radius 2 is 0.776 bits per heavy atom. The molecule has 294 valence electrons. The van der Waals surface area contributed by atoms with Crippen molar-refractivity contribution < 1.29 is 51.5 Å². The van der Waals surface area contributed by atoms with Crippen LogP contribution in [0.2, 0.25) is 0 Å². The van der Waals surface area contributed by atoms with Gasteiger partial charge in [0.15, 0.2) is 0 Å². The highest BCUT2D eigenvalue weighted by Gasteiger charge is 2.50. The van der Waals surface area contributed by atoms with Gasteiger partial charge in [-0.15, -0.1) is 0 Å². The summed E-state index contributed by atoms with van der Waals surface area (Å²) in [5, 5.41) is 0. The second-order valence-electron chi connectivity index (χ2n) is 12.7. The largest absolute Gasteiger partial charge is 0.534 e. The molecule has 0 aliphatic carbocycles. The standard InChI is InChI=1S/C43H27F6NO6S2/c44-42(45,46)57(51,52)55-35-23-34(24-36(25-35)56-58(53,54)43(47,48)49)37-13-7-8-14-38(37)40-27-50-41(33-11-5-2-6-12-33)26-39(40)32-21-19-31(20-22-32)30-17-15-29(16-18-30)28-9-3-1-4-10-28/h1-27H. The lowest BCUT2D eigenvalue weighted by molar-refractivity contribution is -0.0502. The van der Waals surface area contributed by atoms with Gasteiger partial charge in [0.2, 0.25) is 0 Å². The van der Waals surface area contributed by atoms with E-state index in [4.69, 9.17) is 0 Å². The summed E-state index contributed by atoms with van der Waals surface area (Å²) in [5.74, 6) is -2.33. The van der Waals surface area contributed by atoms with E-state index in [9.17, 15) is 43.2 Å². The van der Waals surface area contributed by atoms with Crippen LogP contribution in [-0.4, -0.2) is 32.8 Å². The molecule has 0 bridgehead atoms. The van der Waals surface area contributed by atoms with Crippen molar-refractivity contribution in [3.05, 3.63) is 164 Å². The minimum absolute atomic E-state index is 0.122. The highest BCUT2D eigenvalue weighted by Crippen LogP contribution is 2.43. The van der Waals surface area contributed by atoms with Crippen LogP contribution in [0.3, 0.4) is 0 Å². The average molecular weight is 832 g/mol. The van der Waals surface area contributed by atoms with Crippen LogP contribution in [0.4, 0.5) is 26.3 Å². The Morgan fingerprint density at radius 1 is 0.379 bits per heavy atom. The fraction of sp³-hybridized carbons (Fsp3) is 0.0465. The molecular formula is C43H27F6NO6S2. The Bertz CT molecular complexity index is 2750. The first-order valence-electron chi connectivity index (χ1n) is 17.1. The molecule has 0 amide bonds. The molecule has 0 atom stereocenters. The van der Waals surface area contributed by atoms with E-state index >= 15 is 0 Å². The highest BCUT2D eigenvalue weighted by molar-refractivity contribution is 7.88. The summed E-state index contributed by atoms with van der Waals surface area (Å²) >= 11 is 0. The Labute approximate surface area is 329 Å². The molecule has 15 heteroatoms. The summed E-state index contributed by atoms with van der Waals surface area (Å²) in [6.45, 7) is 0. The van der Waals surface area contributed by atoms with Crippen molar-refractivity contribution in [1.29, 1.82) is 0 Å². The lowest BCUT2D eigenvalue weighted by Gasteiger charge is -2.18. The van der Waals surface area contributed by atoms with E-state index in [1.165, 1.54) is 12.1 Å². The van der Waals surface area contributed by atoms with Crippen LogP contribution in [0, 0.1) is 0 Å². The van der Waals surface area contributed by atoms with E-state index in [0.717, 1.165) is 39.9 Å². The quantitative estimate of drug-likeness (QED) is 0.0769. The van der Waals surface area contributed by atoms with Gasteiger partial charge in [-0.1, -0.05) is 133 Å². The molecule has 1 heterocycles. The molecular weight excluding hydrogens is 805 g/mol. The highest BCUT2D eigenvalue weighted by atomic mass is 32.2. The van der Waals surface area contributed by atoms with Crippen LogP contribution in [0.1, 0.15) is 0 Å².